The van der Waals surface area contributed by atoms with Crippen LogP contribution < -0.4 is 0 Å². The van der Waals surface area contributed by atoms with Crippen LogP contribution in [0.3, 0.4) is 0 Å². The Bertz CT molecular complexity index is 918. The van der Waals surface area contributed by atoms with Crippen molar-refractivity contribution >= 4 is 28.5 Å². The number of carbonyl (C=O) groups is 1. The summed E-state index contributed by atoms with van der Waals surface area (Å²) in [6.07, 6.45) is 3.21. The van der Waals surface area contributed by atoms with Gasteiger partial charge in [-0.05, 0) is 32.0 Å². The summed E-state index contributed by atoms with van der Waals surface area (Å²) in [6.45, 7) is 4.10. The summed E-state index contributed by atoms with van der Waals surface area (Å²) < 4.78 is 15.7. The van der Waals surface area contributed by atoms with Gasteiger partial charge in [0.25, 0.3) is 5.91 Å². The molecule has 3 rings (SSSR count). The van der Waals surface area contributed by atoms with E-state index in [1.165, 1.54) is 23.2 Å². The zero-order valence-corrected chi connectivity index (χ0v) is 15.0. The first-order valence-electron chi connectivity index (χ1n) is 7.90. The van der Waals surface area contributed by atoms with Crippen LogP contribution in [0.1, 0.15) is 35.8 Å². The minimum atomic E-state index is -0.432. The molecule has 1 aromatic carbocycles. The first-order valence-corrected chi connectivity index (χ1v) is 8.28. The lowest BCUT2D eigenvalue weighted by Gasteiger charge is -2.18. The molecular weight excluding hydrogens is 343 g/mol. The SMILES string of the molecule is CC(C)n1ncc2cc(C(=O)N(C)Cc3c(F)cccc3Cl)cnc21. The number of rotatable bonds is 4. The van der Waals surface area contributed by atoms with E-state index in [9.17, 15) is 9.18 Å². The van der Waals surface area contributed by atoms with Crippen LogP contribution in [0.15, 0.2) is 36.7 Å². The zero-order chi connectivity index (χ0) is 18.1. The zero-order valence-electron chi connectivity index (χ0n) is 14.2. The first kappa shape index (κ1) is 17.4. The Labute approximate surface area is 150 Å². The number of pyridine rings is 1. The molecule has 5 nitrogen and oxygen atoms in total. The fraction of sp³-hybridized carbons (Fsp3) is 0.278. The summed E-state index contributed by atoms with van der Waals surface area (Å²) in [7, 11) is 1.60. The minimum absolute atomic E-state index is 0.0770. The van der Waals surface area contributed by atoms with Gasteiger partial charge in [-0.25, -0.2) is 14.1 Å². The van der Waals surface area contributed by atoms with Crippen LogP contribution in [-0.2, 0) is 6.54 Å². The molecule has 0 bridgehead atoms. The molecule has 2 aromatic heterocycles. The van der Waals surface area contributed by atoms with Crippen molar-refractivity contribution in [2.45, 2.75) is 26.4 Å². The second-order valence-electron chi connectivity index (χ2n) is 6.18. The molecule has 0 saturated carbocycles. The van der Waals surface area contributed by atoms with Gasteiger partial charge in [0.1, 0.15) is 5.82 Å². The van der Waals surface area contributed by atoms with E-state index in [0.29, 0.717) is 16.1 Å². The lowest BCUT2D eigenvalue weighted by molar-refractivity contribution is 0.0783. The average Bonchev–Trinajstić information content (AvgIpc) is 3.00. The van der Waals surface area contributed by atoms with Crippen LogP contribution in [0, 0.1) is 5.82 Å². The summed E-state index contributed by atoms with van der Waals surface area (Å²) in [5, 5.41) is 5.38. The quantitative estimate of drug-likeness (QED) is 0.704. The van der Waals surface area contributed by atoms with Gasteiger partial charge in [0.15, 0.2) is 5.65 Å². The molecule has 0 aliphatic heterocycles. The molecule has 0 fully saturated rings. The molecule has 0 radical (unpaired) electrons. The highest BCUT2D eigenvalue weighted by atomic mass is 35.5. The van der Waals surface area contributed by atoms with Crippen molar-refractivity contribution in [1.29, 1.82) is 0 Å². The van der Waals surface area contributed by atoms with Crippen molar-refractivity contribution in [1.82, 2.24) is 19.7 Å². The Balaban J connectivity index is 1.86. The van der Waals surface area contributed by atoms with Crippen LogP contribution in [-0.4, -0.2) is 32.6 Å². The van der Waals surface area contributed by atoms with Crippen LogP contribution in [0.4, 0.5) is 4.39 Å². The average molecular weight is 361 g/mol. The topological polar surface area (TPSA) is 51.0 Å². The molecule has 3 aromatic rings. The molecule has 0 spiro atoms. The maximum Gasteiger partial charge on any atom is 0.255 e. The van der Waals surface area contributed by atoms with Gasteiger partial charge < -0.3 is 4.90 Å². The van der Waals surface area contributed by atoms with E-state index in [2.05, 4.69) is 10.1 Å². The van der Waals surface area contributed by atoms with Gasteiger partial charge in [-0.3, -0.25) is 4.79 Å². The molecule has 1 amide bonds. The fourth-order valence-electron chi connectivity index (χ4n) is 2.65. The summed E-state index contributed by atoms with van der Waals surface area (Å²) in [6, 6.07) is 6.39. The number of aromatic nitrogens is 3. The van der Waals surface area contributed by atoms with E-state index in [0.717, 1.165) is 11.0 Å². The third kappa shape index (κ3) is 3.35. The summed E-state index contributed by atoms with van der Waals surface area (Å²) in [5.74, 6) is -0.690. The van der Waals surface area contributed by atoms with E-state index in [4.69, 9.17) is 11.6 Å². The molecule has 130 valence electrons. The molecule has 0 atom stereocenters. The Morgan fingerprint density at radius 3 is 2.80 bits per heavy atom. The van der Waals surface area contributed by atoms with Gasteiger partial charge in [0.2, 0.25) is 0 Å². The summed E-state index contributed by atoms with van der Waals surface area (Å²) in [4.78, 5) is 18.4. The van der Waals surface area contributed by atoms with Gasteiger partial charge in [-0.2, -0.15) is 5.10 Å². The van der Waals surface area contributed by atoms with Gasteiger partial charge in [0.05, 0.1) is 11.8 Å². The van der Waals surface area contributed by atoms with Gasteiger partial charge in [0, 0.05) is 41.8 Å². The van der Waals surface area contributed by atoms with E-state index >= 15 is 0 Å². The molecule has 0 aliphatic rings. The highest BCUT2D eigenvalue weighted by Crippen LogP contribution is 2.22. The van der Waals surface area contributed by atoms with Crippen LogP contribution >= 0.6 is 11.6 Å². The third-order valence-corrected chi connectivity index (χ3v) is 4.33. The molecule has 0 unspecified atom stereocenters. The lowest BCUT2D eigenvalue weighted by atomic mass is 10.1. The van der Waals surface area contributed by atoms with Crippen molar-refractivity contribution in [2.75, 3.05) is 7.05 Å². The van der Waals surface area contributed by atoms with Crippen molar-refractivity contribution in [3.05, 3.63) is 58.6 Å². The largest absolute Gasteiger partial charge is 0.337 e. The van der Waals surface area contributed by atoms with Gasteiger partial charge >= 0.3 is 0 Å². The highest BCUT2D eigenvalue weighted by Gasteiger charge is 2.17. The molecule has 25 heavy (non-hydrogen) atoms. The van der Waals surface area contributed by atoms with E-state index < -0.39 is 5.82 Å². The molecule has 0 saturated heterocycles. The second kappa shape index (κ2) is 6.80. The molecule has 0 N–H and O–H groups in total. The Kier molecular flexibility index (Phi) is 4.72. The Hall–Kier alpha value is -2.47. The van der Waals surface area contributed by atoms with E-state index in [1.807, 2.05) is 13.8 Å². The predicted octanol–water partition coefficient (Wildman–Crippen LogP) is 4.08. The van der Waals surface area contributed by atoms with E-state index in [1.54, 1.807) is 30.1 Å². The minimum Gasteiger partial charge on any atom is -0.337 e. The fourth-order valence-corrected chi connectivity index (χ4v) is 2.87. The van der Waals surface area contributed by atoms with Crippen LogP contribution in [0.25, 0.3) is 11.0 Å². The van der Waals surface area contributed by atoms with Gasteiger partial charge in [-0.15, -0.1) is 0 Å². The third-order valence-electron chi connectivity index (χ3n) is 3.97. The maximum absolute atomic E-state index is 13.9. The molecule has 0 aliphatic carbocycles. The van der Waals surface area contributed by atoms with Crippen molar-refractivity contribution in [2.24, 2.45) is 0 Å². The van der Waals surface area contributed by atoms with Gasteiger partial charge in [-0.1, -0.05) is 17.7 Å². The van der Waals surface area contributed by atoms with Crippen molar-refractivity contribution in [3.63, 3.8) is 0 Å². The number of nitrogens with zero attached hydrogens (tertiary/aromatic N) is 4. The molecule has 7 heteroatoms. The lowest BCUT2D eigenvalue weighted by Crippen LogP contribution is -2.27. The summed E-state index contributed by atoms with van der Waals surface area (Å²) in [5.41, 5.74) is 1.44. The predicted molar refractivity (Wildman–Crippen MR) is 95.1 cm³/mol. The number of benzene rings is 1. The van der Waals surface area contributed by atoms with Crippen molar-refractivity contribution in [3.8, 4) is 0 Å². The number of hydrogen-bond acceptors (Lipinski definition) is 3. The van der Waals surface area contributed by atoms with Crippen LogP contribution in [0.2, 0.25) is 5.02 Å². The number of amides is 1. The smallest absolute Gasteiger partial charge is 0.255 e. The Morgan fingerprint density at radius 1 is 1.36 bits per heavy atom. The van der Waals surface area contributed by atoms with Crippen LogP contribution in [0.5, 0.6) is 0 Å². The molecule has 2 heterocycles. The number of hydrogen-bond donors (Lipinski definition) is 0. The maximum atomic E-state index is 13.9. The number of carbonyl (C=O) groups excluding carboxylic acids is 1. The van der Waals surface area contributed by atoms with Crippen molar-refractivity contribution < 1.29 is 9.18 Å². The monoisotopic (exact) mass is 360 g/mol. The van der Waals surface area contributed by atoms with E-state index in [-0.39, 0.29) is 18.5 Å². The number of fused-ring (bicyclic) bond motifs is 1. The standard InChI is InChI=1S/C18H18ClFN4O/c1-11(2)24-17-12(9-22-24)7-13(8-21-17)18(25)23(3)10-14-15(19)5-4-6-16(14)20/h4-9,11H,10H2,1-3H3. The number of halogens is 2. The highest BCUT2D eigenvalue weighted by molar-refractivity contribution is 6.31. The first-order chi connectivity index (χ1) is 11.9. The Morgan fingerprint density at radius 2 is 2.12 bits per heavy atom. The normalized spacial score (nSPS) is 11.3. The molecular formula is C18H18ClFN4O. The summed E-state index contributed by atoms with van der Waals surface area (Å²) >= 11 is 6.03. The second-order valence-corrected chi connectivity index (χ2v) is 6.59.